The van der Waals surface area contributed by atoms with Gasteiger partial charge in [0.25, 0.3) is 0 Å². The highest BCUT2D eigenvalue weighted by Gasteiger charge is 2.42. The summed E-state index contributed by atoms with van der Waals surface area (Å²) in [4.78, 5) is 12.4. The zero-order valence-electron chi connectivity index (χ0n) is 15.7. The van der Waals surface area contributed by atoms with Crippen LogP contribution in [-0.4, -0.2) is 25.3 Å². The number of hydrogen-bond acceptors (Lipinski definition) is 3. The largest absolute Gasteiger partial charge is 0.493 e. The predicted molar refractivity (Wildman–Crippen MR) is 98.1 cm³/mol. The topological polar surface area (TPSA) is 59.6 Å². The van der Waals surface area contributed by atoms with Crippen molar-refractivity contribution in [1.82, 2.24) is 10.6 Å². The van der Waals surface area contributed by atoms with Crippen LogP contribution in [0.2, 0.25) is 0 Å². The third-order valence-electron chi connectivity index (χ3n) is 4.96. The van der Waals surface area contributed by atoms with Gasteiger partial charge in [0, 0.05) is 6.04 Å². The Hall–Kier alpha value is -1.91. The summed E-state index contributed by atoms with van der Waals surface area (Å²) in [6.07, 6.45) is 5.11. The van der Waals surface area contributed by atoms with Crippen molar-refractivity contribution in [1.29, 1.82) is 0 Å². The maximum Gasteiger partial charge on any atom is 0.315 e. The predicted octanol–water partition coefficient (Wildman–Crippen LogP) is 4.03. The molecule has 1 aromatic rings. The third kappa shape index (κ3) is 4.80. The van der Waals surface area contributed by atoms with Gasteiger partial charge in [-0.15, -0.1) is 0 Å². The average Bonchev–Trinajstić information content (AvgIpc) is 3.46. The zero-order chi connectivity index (χ0) is 18.0. The van der Waals surface area contributed by atoms with Crippen LogP contribution >= 0.6 is 0 Å². The van der Waals surface area contributed by atoms with Gasteiger partial charge in [0.1, 0.15) is 0 Å². The van der Waals surface area contributed by atoms with Crippen LogP contribution in [0.25, 0.3) is 0 Å². The molecule has 2 fully saturated rings. The second kappa shape index (κ2) is 7.54. The van der Waals surface area contributed by atoms with Crippen LogP contribution in [0.4, 0.5) is 4.79 Å². The van der Waals surface area contributed by atoms with Gasteiger partial charge in [0.15, 0.2) is 11.5 Å². The number of hydrogen-bond donors (Lipinski definition) is 2. The summed E-state index contributed by atoms with van der Waals surface area (Å²) in [5, 5.41) is 6.26. The number of ether oxygens (including phenoxy) is 2. The molecule has 138 valence electrons. The highest BCUT2D eigenvalue weighted by atomic mass is 16.5. The summed E-state index contributed by atoms with van der Waals surface area (Å²) >= 11 is 0. The molecular formula is C20H30N2O3. The molecule has 3 rings (SSSR count). The molecule has 25 heavy (non-hydrogen) atoms. The van der Waals surface area contributed by atoms with Crippen LogP contribution in [0.3, 0.4) is 0 Å². The second-order valence-corrected chi connectivity index (χ2v) is 7.62. The van der Waals surface area contributed by atoms with Crippen LogP contribution < -0.4 is 20.1 Å². The molecular weight excluding hydrogens is 316 g/mol. The van der Waals surface area contributed by atoms with Crippen molar-refractivity contribution in [2.75, 3.05) is 7.11 Å². The summed E-state index contributed by atoms with van der Waals surface area (Å²) in [6.45, 7) is 5.95. The highest BCUT2D eigenvalue weighted by Crippen LogP contribution is 2.44. The van der Waals surface area contributed by atoms with Crippen molar-refractivity contribution in [2.45, 2.75) is 64.6 Å². The molecule has 5 nitrogen and oxygen atoms in total. The lowest BCUT2D eigenvalue weighted by Gasteiger charge is -2.21. The fraction of sp³-hybridized carbons (Fsp3) is 0.650. The lowest BCUT2D eigenvalue weighted by Crippen LogP contribution is -2.45. The molecule has 1 atom stereocenters. The number of methoxy groups -OCH3 is 1. The Balaban J connectivity index is 1.59. The normalized spacial score (nSPS) is 18.2. The number of amides is 2. The fourth-order valence-electron chi connectivity index (χ4n) is 3.31. The van der Waals surface area contributed by atoms with Crippen molar-refractivity contribution in [3.05, 3.63) is 23.8 Å². The van der Waals surface area contributed by atoms with Gasteiger partial charge in [-0.05, 0) is 76.0 Å². The van der Waals surface area contributed by atoms with Crippen molar-refractivity contribution in [2.24, 2.45) is 11.8 Å². The van der Waals surface area contributed by atoms with Gasteiger partial charge < -0.3 is 20.1 Å². The first kappa shape index (κ1) is 17.9. The van der Waals surface area contributed by atoms with Crippen LogP contribution in [0.1, 0.15) is 58.1 Å². The van der Waals surface area contributed by atoms with Gasteiger partial charge in [-0.2, -0.15) is 0 Å². The molecule has 0 spiro atoms. The third-order valence-corrected chi connectivity index (χ3v) is 4.96. The molecule has 2 aliphatic rings. The van der Waals surface area contributed by atoms with E-state index in [1.807, 2.05) is 39.0 Å². The van der Waals surface area contributed by atoms with Gasteiger partial charge in [-0.25, -0.2) is 4.79 Å². The van der Waals surface area contributed by atoms with E-state index in [1.54, 1.807) is 7.11 Å². The molecule has 5 heteroatoms. The highest BCUT2D eigenvalue weighted by molar-refractivity contribution is 5.75. The lowest BCUT2D eigenvalue weighted by molar-refractivity contribution is 0.229. The summed E-state index contributed by atoms with van der Waals surface area (Å²) in [5.41, 5.74) is 0.998. The molecule has 2 N–H and O–H groups in total. The minimum absolute atomic E-state index is 0.0715. The molecule has 0 bridgehead atoms. The van der Waals surface area contributed by atoms with Crippen molar-refractivity contribution >= 4 is 6.03 Å². The maximum atomic E-state index is 12.4. The summed E-state index contributed by atoms with van der Waals surface area (Å²) in [6, 6.07) is 6.01. The molecule has 2 aliphatic carbocycles. The molecule has 2 amide bonds. The average molecular weight is 346 g/mol. The van der Waals surface area contributed by atoms with Crippen molar-refractivity contribution in [3.8, 4) is 11.5 Å². The Morgan fingerprint density at radius 2 is 1.68 bits per heavy atom. The Labute approximate surface area is 150 Å². The van der Waals surface area contributed by atoms with Crippen LogP contribution in [0, 0.1) is 11.8 Å². The summed E-state index contributed by atoms with van der Waals surface area (Å²) < 4.78 is 11.2. The SMILES string of the molecule is COc1cc(C(C)NC(=O)NC(C2CC2)C2CC2)ccc1OC(C)C. The van der Waals surface area contributed by atoms with Crippen LogP contribution in [0.5, 0.6) is 11.5 Å². The first-order valence-electron chi connectivity index (χ1n) is 9.39. The van der Waals surface area contributed by atoms with E-state index in [0.29, 0.717) is 23.6 Å². The summed E-state index contributed by atoms with van der Waals surface area (Å²) in [5.74, 6) is 2.80. The first-order valence-corrected chi connectivity index (χ1v) is 9.39. The van der Waals surface area contributed by atoms with Gasteiger partial charge in [-0.1, -0.05) is 6.07 Å². The van der Waals surface area contributed by atoms with E-state index in [4.69, 9.17) is 9.47 Å². The van der Waals surface area contributed by atoms with E-state index in [2.05, 4.69) is 10.6 Å². The van der Waals surface area contributed by atoms with E-state index >= 15 is 0 Å². The Bertz CT molecular complexity index is 597. The standard InChI is InChI=1S/C20H30N2O3/c1-12(2)25-17-10-9-16(11-18(17)24-4)13(3)21-20(23)22-19(14-5-6-14)15-7-8-15/h9-15,19H,5-8H2,1-4H3,(H2,21,22,23). The maximum absolute atomic E-state index is 12.4. The molecule has 0 aromatic heterocycles. The molecule has 0 heterocycles. The minimum Gasteiger partial charge on any atom is -0.493 e. The molecule has 1 aromatic carbocycles. The lowest BCUT2D eigenvalue weighted by atomic mass is 10.1. The zero-order valence-corrected chi connectivity index (χ0v) is 15.7. The van der Waals surface area contributed by atoms with Gasteiger partial charge >= 0.3 is 6.03 Å². The second-order valence-electron chi connectivity index (χ2n) is 7.62. The van der Waals surface area contributed by atoms with Gasteiger partial charge in [0.2, 0.25) is 0 Å². The van der Waals surface area contributed by atoms with Gasteiger partial charge in [-0.3, -0.25) is 0 Å². The van der Waals surface area contributed by atoms with Crippen LogP contribution in [0.15, 0.2) is 18.2 Å². The first-order chi connectivity index (χ1) is 12.0. The van der Waals surface area contributed by atoms with E-state index < -0.39 is 0 Å². The van der Waals surface area contributed by atoms with E-state index in [9.17, 15) is 4.79 Å². The van der Waals surface area contributed by atoms with Crippen LogP contribution in [-0.2, 0) is 0 Å². The Morgan fingerprint density at radius 1 is 1.04 bits per heavy atom. The Morgan fingerprint density at radius 3 is 2.20 bits per heavy atom. The number of carbonyl (C=O) groups excluding carboxylic acids is 1. The molecule has 1 unspecified atom stereocenters. The number of nitrogens with one attached hydrogen (secondary N) is 2. The van der Waals surface area contributed by atoms with Crippen molar-refractivity contribution < 1.29 is 14.3 Å². The minimum atomic E-state index is -0.0962. The Kier molecular flexibility index (Phi) is 5.40. The van der Waals surface area contributed by atoms with Gasteiger partial charge in [0.05, 0.1) is 19.3 Å². The van der Waals surface area contributed by atoms with E-state index in [1.165, 1.54) is 25.7 Å². The monoisotopic (exact) mass is 346 g/mol. The summed E-state index contributed by atoms with van der Waals surface area (Å²) in [7, 11) is 1.63. The quantitative estimate of drug-likeness (QED) is 0.747. The van der Waals surface area contributed by atoms with E-state index in [-0.39, 0.29) is 18.2 Å². The number of benzene rings is 1. The molecule has 2 saturated carbocycles. The van der Waals surface area contributed by atoms with E-state index in [0.717, 1.165) is 11.3 Å². The fourth-order valence-corrected chi connectivity index (χ4v) is 3.31. The van der Waals surface area contributed by atoms with Crippen molar-refractivity contribution in [3.63, 3.8) is 0 Å². The number of carbonyl (C=O) groups is 1. The smallest absolute Gasteiger partial charge is 0.315 e. The number of urea groups is 1. The number of rotatable bonds is 8. The molecule has 0 aliphatic heterocycles. The molecule has 0 radical (unpaired) electrons. The molecule has 0 saturated heterocycles.